The van der Waals surface area contributed by atoms with Crippen molar-refractivity contribution < 1.29 is 56.8 Å². The van der Waals surface area contributed by atoms with Crippen LogP contribution in [0.5, 0.6) is 5.75 Å². The lowest BCUT2D eigenvalue weighted by Gasteiger charge is -2.42. The van der Waals surface area contributed by atoms with Crippen LogP contribution in [0.2, 0.25) is 0 Å². The minimum absolute atomic E-state index is 0.0306. The van der Waals surface area contributed by atoms with Crippen LogP contribution < -0.4 is 15.4 Å². The Morgan fingerprint density at radius 1 is 1.16 bits per heavy atom. The molecule has 242 valence electrons. The quantitative estimate of drug-likeness (QED) is 0.189. The highest BCUT2D eigenvalue weighted by Crippen LogP contribution is 2.34. The van der Waals surface area contributed by atoms with Crippen LogP contribution in [0.25, 0.3) is 0 Å². The summed E-state index contributed by atoms with van der Waals surface area (Å²) in [5.41, 5.74) is 0.649. The molecule has 44 heavy (non-hydrogen) atoms. The van der Waals surface area contributed by atoms with E-state index in [0.29, 0.717) is 16.2 Å². The van der Waals surface area contributed by atoms with E-state index in [1.807, 2.05) is 0 Å². The van der Waals surface area contributed by atoms with Gasteiger partial charge in [-0.25, -0.2) is 4.79 Å². The molecule has 4 rings (SSSR count). The van der Waals surface area contributed by atoms with Gasteiger partial charge in [-0.3, -0.25) is 24.1 Å². The average molecular weight is 647 g/mol. The molecule has 6 atom stereocenters. The number of nitrogens with one attached hydrogen (secondary N) is 2. The van der Waals surface area contributed by atoms with Crippen molar-refractivity contribution in [1.29, 1.82) is 0 Å². The van der Waals surface area contributed by atoms with Crippen molar-refractivity contribution in [3.63, 3.8) is 0 Å². The molecule has 4 N–H and O–H groups in total. The molecule has 3 saturated heterocycles. The topological polar surface area (TPSA) is 175 Å². The Bertz CT molecular complexity index is 1270. The first-order valence-corrected chi connectivity index (χ1v) is 14.9. The van der Waals surface area contributed by atoms with Gasteiger partial charge in [0.2, 0.25) is 11.8 Å². The van der Waals surface area contributed by atoms with E-state index in [4.69, 9.17) is 9.47 Å². The summed E-state index contributed by atoms with van der Waals surface area (Å²) in [7, 11) is 0. The van der Waals surface area contributed by atoms with E-state index in [2.05, 4.69) is 10.6 Å². The van der Waals surface area contributed by atoms with E-state index in [9.17, 15) is 47.4 Å². The van der Waals surface area contributed by atoms with Crippen molar-refractivity contribution in [1.82, 2.24) is 20.4 Å². The Morgan fingerprint density at radius 3 is 2.61 bits per heavy atom. The van der Waals surface area contributed by atoms with Gasteiger partial charge in [0, 0.05) is 19.5 Å². The van der Waals surface area contributed by atoms with Crippen LogP contribution in [0.4, 0.5) is 18.0 Å². The van der Waals surface area contributed by atoms with Crippen molar-refractivity contribution in [2.45, 2.75) is 68.2 Å². The maximum atomic E-state index is 12.9. The van der Waals surface area contributed by atoms with Gasteiger partial charge in [0.15, 0.2) is 0 Å². The number of fused-ring (bicyclic) bond motifs is 1. The number of ether oxygens (including phenoxy) is 2. The first kappa shape index (κ1) is 33.5. The van der Waals surface area contributed by atoms with Gasteiger partial charge in [-0.2, -0.15) is 13.2 Å². The number of amides is 5. The predicted molar refractivity (Wildman–Crippen MR) is 147 cm³/mol. The summed E-state index contributed by atoms with van der Waals surface area (Å²) in [6.45, 7) is 1.03. The molecule has 3 aliphatic rings. The molecule has 5 amide bonds. The third kappa shape index (κ3) is 7.99. The van der Waals surface area contributed by atoms with Gasteiger partial charge in [0.05, 0.1) is 36.2 Å². The fourth-order valence-corrected chi connectivity index (χ4v) is 6.27. The number of rotatable bonds is 11. The molecule has 17 heteroatoms. The second-order valence-corrected chi connectivity index (χ2v) is 11.8. The lowest BCUT2D eigenvalue weighted by atomic mass is 9.93. The number of hydrogen-bond acceptors (Lipinski definition) is 10. The van der Waals surface area contributed by atoms with Crippen molar-refractivity contribution in [2.24, 2.45) is 0 Å². The molecule has 3 aliphatic heterocycles. The smallest absolute Gasteiger partial charge is 0.471 e. The molecular formula is C27H33F3N4O9S. The molecule has 0 radical (unpaired) electrons. The fourth-order valence-electron chi connectivity index (χ4n) is 5.31. The predicted octanol–water partition coefficient (Wildman–Crippen LogP) is -0.0333. The zero-order chi connectivity index (χ0) is 32.2. The number of thioether (sulfide) groups is 1. The number of halogens is 3. The SMILES string of the molecule is CC(=O)CSC1CC(=O)N(Cc2cccc(OCCNC(=O)NCC3O[C@H]4CCN(C(=O)C(F)(F)F)[C@H]4[C@@H](O)[C@H]3O)c2)C1=O. The van der Waals surface area contributed by atoms with E-state index in [-0.39, 0.29) is 69.0 Å². The van der Waals surface area contributed by atoms with E-state index in [0.717, 1.165) is 16.7 Å². The van der Waals surface area contributed by atoms with Crippen LogP contribution in [-0.4, -0.2) is 123 Å². The molecule has 3 fully saturated rings. The van der Waals surface area contributed by atoms with Gasteiger partial charge in [-0.1, -0.05) is 12.1 Å². The number of likely N-dealkylation sites (tertiary alicyclic amines) is 2. The zero-order valence-electron chi connectivity index (χ0n) is 23.6. The van der Waals surface area contributed by atoms with Crippen LogP contribution in [0.1, 0.15) is 25.3 Å². The maximum absolute atomic E-state index is 12.9. The lowest BCUT2D eigenvalue weighted by Crippen LogP contribution is -2.63. The first-order chi connectivity index (χ1) is 20.8. The summed E-state index contributed by atoms with van der Waals surface area (Å²) in [5.74, 6) is -2.26. The second kappa shape index (κ2) is 14.1. The monoisotopic (exact) mass is 646 g/mol. The fraction of sp³-hybridized carbons (Fsp3) is 0.593. The number of carbonyl (C=O) groups is 5. The molecule has 0 saturated carbocycles. The number of aliphatic hydroxyl groups is 2. The first-order valence-electron chi connectivity index (χ1n) is 13.8. The molecule has 0 aliphatic carbocycles. The summed E-state index contributed by atoms with van der Waals surface area (Å²) >= 11 is 1.15. The Morgan fingerprint density at radius 2 is 1.91 bits per heavy atom. The Labute approximate surface area is 254 Å². The number of carbonyl (C=O) groups excluding carboxylic acids is 5. The molecular weight excluding hydrogens is 613 g/mol. The van der Waals surface area contributed by atoms with Crippen molar-refractivity contribution in [2.75, 3.05) is 32.0 Å². The van der Waals surface area contributed by atoms with Crippen LogP contribution in [-0.2, 0) is 30.5 Å². The number of imide groups is 1. The number of aliphatic hydroxyl groups excluding tert-OH is 2. The number of nitrogens with zero attached hydrogens (tertiary/aromatic N) is 2. The van der Waals surface area contributed by atoms with E-state index >= 15 is 0 Å². The van der Waals surface area contributed by atoms with E-state index < -0.39 is 53.8 Å². The molecule has 1 aromatic carbocycles. The highest BCUT2D eigenvalue weighted by atomic mass is 32.2. The molecule has 2 unspecified atom stereocenters. The highest BCUT2D eigenvalue weighted by molar-refractivity contribution is 8.01. The van der Waals surface area contributed by atoms with Crippen molar-refractivity contribution in [3.8, 4) is 5.75 Å². The zero-order valence-corrected chi connectivity index (χ0v) is 24.4. The minimum atomic E-state index is -5.13. The largest absolute Gasteiger partial charge is 0.492 e. The Balaban J connectivity index is 1.18. The van der Waals surface area contributed by atoms with Crippen molar-refractivity contribution >= 4 is 41.3 Å². The van der Waals surface area contributed by atoms with Crippen LogP contribution in [0.3, 0.4) is 0 Å². The van der Waals surface area contributed by atoms with Gasteiger partial charge in [0.1, 0.15) is 36.5 Å². The number of ketones is 1. The molecule has 3 heterocycles. The summed E-state index contributed by atoms with van der Waals surface area (Å²) in [5, 5.41) is 25.3. The highest BCUT2D eigenvalue weighted by Gasteiger charge is 2.55. The van der Waals surface area contributed by atoms with Gasteiger partial charge < -0.3 is 35.2 Å². The number of alkyl halides is 3. The number of benzene rings is 1. The molecule has 13 nitrogen and oxygen atoms in total. The summed E-state index contributed by atoms with van der Waals surface area (Å²) in [4.78, 5) is 61.7. The molecule has 0 bridgehead atoms. The van der Waals surface area contributed by atoms with E-state index in [1.54, 1.807) is 24.3 Å². The van der Waals surface area contributed by atoms with Crippen LogP contribution >= 0.6 is 11.8 Å². The summed E-state index contributed by atoms with van der Waals surface area (Å²) in [6, 6.07) is 4.73. The molecule has 0 spiro atoms. The number of hydrogen-bond donors (Lipinski definition) is 4. The van der Waals surface area contributed by atoms with Gasteiger partial charge >= 0.3 is 18.1 Å². The van der Waals surface area contributed by atoms with E-state index in [1.165, 1.54) is 6.92 Å². The maximum Gasteiger partial charge on any atom is 0.471 e. The summed E-state index contributed by atoms with van der Waals surface area (Å²) < 4.78 is 49.9. The van der Waals surface area contributed by atoms with Gasteiger partial charge in [-0.15, -0.1) is 11.8 Å². The van der Waals surface area contributed by atoms with Crippen molar-refractivity contribution in [3.05, 3.63) is 29.8 Å². The van der Waals surface area contributed by atoms with Gasteiger partial charge in [0.25, 0.3) is 0 Å². The lowest BCUT2D eigenvalue weighted by molar-refractivity contribution is -0.207. The average Bonchev–Trinajstić information content (AvgIpc) is 3.50. The summed E-state index contributed by atoms with van der Waals surface area (Å²) in [6.07, 6.45) is -10.5. The third-order valence-electron chi connectivity index (χ3n) is 7.38. The second-order valence-electron chi connectivity index (χ2n) is 10.6. The number of Topliss-reactive ketones (excluding diaryl/α,β-unsaturated/α-hetero) is 1. The third-order valence-corrected chi connectivity index (χ3v) is 8.72. The normalized spacial score (nSPS) is 26.9. The standard InChI is InChI=1S/C27H33F3N4O9S/c1-14(35)13-44-19-10-20(36)34(24(19)39)12-15-3-2-4-16(9-15)42-8-6-31-26(41)32-11-18-22(37)23(38)21-17(43-18)5-7-33(21)25(40)27(28,29)30/h2-4,9,17-19,21-23,37-38H,5-8,10-13H2,1H3,(H2,31,32,41)/t17-,18?,19?,21+,22-,23+/m0/s1. The molecule has 1 aromatic rings. The minimum Gasteiger partial charge on any atom is -0.492 e. The Kier molecular flexibility index (Phi) is 10.8. The Hall–Kier alpha value is -3.41. The van der Waals surface area contributed by atoms with Gasteiger partial charge in [-0.05, 0) is 31.0 Å². The molecule has 0 aromatic heterocycles. The number of urea groups is 1. The van der Waals surface area contributed by atoms with Crippen LogP contribution in [0.15, 0.2) is 24.3 Å². The van der Waals surface area contributed by atoms with Crippen LogP contribution in [0, 0.1) is 0 Å².